The Morgan fingerprint density at radius 1 is 0.846 bits per heavy atom. The van der Waals surface area contributed by atoms with Crippen LogP contribution in [0.4, 0.5) is 0 Å². The van der Waals surface area contributed by atoms with Gasteiger partial charge in [-0.05, 0) is 92.0 Å². The number of carbonyl (C=O) groups is 2. The molecule has 206 valence electrons. The van der Waals surface area contributed by atoms with Crippen LogP contribution in [0, 0.1) is 20.8 Å². The maximum atomic E-state index is 13.9. The third-order valence-corrected chi connectivity index (χ3v) is 7.57. The van der Waals surface area contributed by atoms with Gasteiger partial charge in [0.2, 0.25) is 0 Å². The van der Waals surface area contributed by atoms with Gasteiger partial charge in [-0.15, -0.1) is 0 Å². The van der Waals surface area contributed by atoms with Crippen molar-refractivity contribution < 1.29 is 19.4 Å². The summed E-state index contributed by atoms with van der Waals surface area (Å²) in [5, 5.41) is 10.4. The fourth-order valence-corrected chi connectivity index (χ4v) is 5.67. The Kier molecular flexibility index (Phi) is 7.52. The summed E-state index contributed by atoms with van der Waals surface area (Å²) in [5.74, 6) is -1.03. The van der Waals surface area contributed by atoms with Gasteiger partial charge >= 0.3 is 5.97 Å². The van der Waals surface area contributed by atoms with Gasteiger partial charge in [-0.3, -0.25) is 4.79 Å². The first-order chi connectivity index (χ1) is 18.1. The predicted molar refractivity (Wildman–Crippen MR) is 156 cm³/mol. The van der Waals surface area contributed by atoms with E-state index < -0.39 is 17.7 Å². The topological polar surface area (TPSA) is 66.8 Å². The predicted octanol–water partition coefficient (Wildman–Crippen LogP) is 7.67. The van der Waals surface area contributed by atoms with Gasteiger partial charge in [0.05, 0.1) is 5.60 Å². The number of nitrogens with zero attached hydrogens (tertiary/aromatic N) is 1. The average Bonchev–Trinajstić information content (AvgIpc) is 3.30. The number of aliphatic carboxylic acids is 1. The molecular formula is C34H41NO4. The maximum Gasteiger partial charge on any atom is 0.337 e. The van der Waals surface area contributed by atoms with E-state index in [-0.39, 0.29) is 11.3 Å². The molecule has 39 heavy (non-hydrogen) atoms. The van der Waals surface area contributed by atoms with Crippen LogP contribution in [-0.4, -0.2) is 27.5 Å². The first kappa shape index (κ1) is 28.6. The van der Waals surface area contributed by atoms with E-state index in [0.29, 0.717) is 24.2 Å². The highest BCUT2D eigenvalue weighted by atomic mass is 16.5. The van der Waals surface area contributed by atoms with Crippen molar-refractivity contribution in [1.29, 1.82) is 0 Å². The lowest BCUT2D eigenvalue weighted by atomic mass is 9.83. The summed E-state index contributed by atoms with van der Waals surface area (Å²) < 4.78 is 6.18. The molecule has 0 aliphatic carbocycles. The Bertz CT molecular complexity index is 1420. The van der Waals surface area contributed by atoms with E-state index in [1.807, 2.05) is 95.0 Å². The molecule has 0 bridgehead atoms. The van der Waals surface area contributed by atoms with Gasteiger partial charge in [0.15, 0.2) is 6.10 Å². The van der Waals surface area contributed by atoms with Crippen molar-refractivity contribution in [3.05, 3.63) is 93.0 Å². The number of aryl methyl sites for hydroxylation is 1. The van der Waals surface area contributed by atoms with E-state index in [0.717, 1.165) is 44.5 Å². The van der Waals surface area contributed by atoms with Crippen molar-refractivity contribution >= 4 is 11.9 Å². The molecule has 0 aromatic heterocycles. The molecule has 1 heterocycles. The van der Waals surface area contributed by atoms with Crippen LogP contribution in [0.5, 0.6) is 0 Å². The van der Waals surface area contributed by atoms with E-state index in [4.69, 9.17) is 4.74 Å². The molecular weight excluding hydrogens is 486 g/mol. The van der Waals surface area contributed by atoms with Crippen molar-refractivity contribution in [2.45, 2.75) is 92.5 Å². The van der Waals surface area contributed by atoms with E-state index in [1.165, 1.54) is 0 Å². The van der Waals surface area contributed by atoms with Crippen molar-refractivity contribution in [3.8, 4) is 11.1 Å². The van der Waals surface area contributed by atoms with Crippen LogP contribution >= 0.6 is 0 Å². The molecule has 1 N–H and O–H groups in total. The number of carboxylic acids is 1. The molecule has 0 fully saturated rings. The smallest absolute Gasteiger partial charge is 0.337 e. The van der Waals surface area contributed by atoms with E-state index >= 15 is 0 Å². The number of ether oxygens (including phenoxy) is 1. The molecule has 3 aromatic carbocycles. The molecule has 1 atom stereocenters. The van der Waals surface area contributed by atoms with Crippen LogP contribution in [0.2, 0.25) is 0 Å². The minimum Gasteiger partial charge on any atom is -0.479 e. The molecule has 0 saturated heterocycles. The standard InChI is InChI=1S/C34H41NO4/c1-20-14-16-23(17-15-20)28-21(2)25-18-35(31(36)24-12-10-11-13-27(24)33(4,5)6)19-26(25)22(3)29(28)30(32(37)38)39-34(7,8)9/h10-17,30H,18-19H2,1-9H3,(H,37,38). The summed E-state index contributed by atoms with van der Waals surface area (Å²) in [4.78, 5) is 28.5. The minimum atomic E-state index is -1.14. The van der Waals surface area contributed by atoms with Crippen LogP contribution in [0.1, 0.15) is 96.9 Å². The fraction of sp³-hybridized carbons (Fsp3) is 0.412. The first-order valence-electron chi connectivity index (χ1n) is 13.6. The quantitative estimate of drug-likeness (QED) is 0.370. The van der Waals surface area contributed by atoms with Crippen LogP contribution in [0.15, 0.2) is 48.5 Å². The molecule has 4 rings (SSSR count). The molecule has 1 amide bonds. The minimum absolute atomic E-state index is 0.00492. The second-order valence-electron chi connectivity index (χ2n) is 12.8. The monoisotopic (exact) mass is 527 g/mol. The van der Waals surface area contributed by atoms with Crippen LogP contribution < -0.4 is 0 Å². The summed E-state index contributed by atoms with van der Waals surface area (Å²) in [7, 11) is 0. The number of hydrogen-bond donors (Lipinski definition) is 1. The van der Waals surface area contributed by atoms with Crippen LogP contribution in [0.3, 0.4) is 0 Å². The van der Waals surface area contributed by atoms with Gasteiger partial charge in [0.25, 0.3) is 5.91 Å². The van der Waals surface area contributed by atoms with Gasteiger partial charge in [-0.2, -0.15) is 0 Å². The molecule has 0 saturated carbocycles. The number of carboxylic acid groups (broad SMARTS) is 1. The van der Waals surface area contributed by atoms with Gasteiger partial charge in [-0.1, -0.05) is 68.8 Å². The molecule has 1 aliphatic rings. The molecule has 1 unspecified atom stereocenters. The molecule has 5 nitrogen and oxygen atoms in total. The Balaban J connectivity index is 1.89. The molecule has 0 radical (unpaired) electrons. The normalized spacial score (nSPS) is 14.3. The summed E-state index contributed by atoms with van der Waals surface area (Å²) in [6, 6.07) is 16.0. The number of amides is 1. The SMILES string of the molecule is Cc1ccc(-c2c(C)c3c(c(C)c2C(OC(C)(C)C)C(=O)O)CN(C(=O)c2ccccc2C(C)(C)C)C3)cc1. The van der Waals surface area contributed by atoms with Gasteiger partial charge in [-0.25, -0.2) is 4.79 Å². The molecule has 0 spiro atoms. The van der Waals surface area contributed by atoms with E-state index in [1.54, 1.807) is 0 Å². The third kappa shape index (κ3) is 5.65. The lowest BCUT2D eigenvalue weighted by molar-refractivity contribution is -0.160. The largest absolute Gasteiger partial charge is 0.479 e. The maximum absolute atomic E-state index is 13.9. The number of carbonyl (C=O) groups excluding carboxylic acids is 1. The number of hydrogen-bond acceptors (Lipinski definition) is 3. The second-order valence-corrected chi connectivity index (χ2v) is 12.8. The highest BCUT2D eigenvalue weighted by Gasteiger charge is 2.37. The fourth-order valence-electron chi connectivity index (χ4n) is 5.67. The Hall–Kier alpha value is -3.44. The summed E-state index contributed by atoms with van der Waals surface area (Å²) in [6.45, 7) is 18.9. The zero-order valence-electron chi connectivity index (χ0n) is 24.7. The Labute approximate surface area is 232 Å². The zero-order chi connectivity index (χ0) is 28.9. The summed E-state index contributed by atoms with van der Waals surface area (Å²) in [5.41, 5.74) is 8.51. The molecule has 3 aromatic rings. The van der Waals surface area contributed by atoms with E-state index in [9.17, 15) is 14.7 Å². The van der Waals surface area contributed by atoms with Gasteiger partial charge in [0.1, 0.15) is 0 Å². The van der Waals surface area contributed by atoms with E-state index in [2.05, 4.69) is 20.8 Å². The van der Waals surface area contributed by atoms with Crippen LogP contribution in [0.25, 0.3) is 11.1 Å². The lowest BCUT2D eigenvalue weighted by Gasteiger charge is -2.29. The average molecular weight is 528 g/mol. The number of fused-ring (bicyclic) bond motifs is 1. The third-order valence-electron chi connectivity index (χ3n) is 7.57. The van der Waals surface area contributed by atoms with Crippen molar-refractivity contribution in [2.24, 2.45) is 0 Å². The zero-order valence-corrected chi connectivity index (χ0v) is 24.7. The Morgan fingerprint density at radius 3 is 1.95 bits per heavy atom. The summed E-state index contributed by atoms with van der Waals surface area (Å²) >= 11 is 0. The van der Waals surface area contributed by atoms with Crippen molar-refractivity contribution in [1.82, 2.24) is 4.90 Å². The van der Waals surface area contributed by atoms with Crippen LogP contribution in [-0.2, 0) is 28.0 Å². The van der Waals surface area contributed by atoms with Crippen molar-refractivity contribution in [2.75, 3.05) is 0 Å². The summed E-state index contributed by atoms with van der Waals surface area (Å²) in [6.07, 6.45) is -1.14. The number of rotatable bonds is 5. The lowest BCUT2D eigenvalue weighted by Crippen LogP contribution is -2.29. The highest BCUT2D eigenvalue weighted by Crippen LogP contribution is 2.44. The second kappa shape index (κ2) is 10.3. The van der Waals surface area contributed by atoms with Crippen molar-refractivity contribution in [3.63, 3.8) is 0 Å². The first-order valence-corrected chi connectivity index (χ1v) is 13.6. The van der Waals surface area contributed by atoms with Gasteiger partial charge < -0.3 is 14.7 Å². The number of benzene rings is 3. The molecule has 5 heteroatoms. The Morgan fingerprint density at radius 2 is 1.41 bits per heavy atom. The van der Waals surface area contributed by atoms with Gasteiger partial charge in [0, 0.05) is 24.2 Å². The molecule has 1 aliphatic heterocycles. The highest BCUT2D eigenvalue weighted by molar-refractivity contribution is 5.96.